The average Bonchev–Trinajstić information content (AvgIpc) is 2.48. The first-order valence-corrected chi connectivity index (χ1v) is 12.5. The molecule has 12 nitrogen and oxygen atoms in total. The van der Waals surface area contributed by atoms with Gasteiger partial charge in [-0.3, -0.25) is 9.98 Å². The van der Waals surface area contributed by atoms with Crippen LogP contribution in [0.5, 0.6) is 0 Å². The van der Waals surface area contributed by atoms with Gasteiger partial charge in [0.05, 0.1) is 29.8 Å². The monoisotopic (exact) mass is 566 g/mol. The van der Waals surface area contributed by atoms with E-state index in [-0.39, 0.29) is 27.6 Å². The van der Waals surface area contributed by atoms with E-state index in [1.165, 1.54) is 11.4 Å². The van der Waals surface area contributed by atoms with Crippen LogP contribution in [0.15, 0.2) is 9.98 Å². The molecule has 0 saturated heterocycles. The third kappa shape index (κ3) is 36.7. The molecule has 4 N–H and O–H groups in total. The zero-order chi connectivity index (χ0) is 25.6. The van der Waals surface area contributed by atoms with Crippen molar-refractivity contribution in [3.05, 3.63) is 0 Å². The summed E-state index contributed by atoms with van der Waals surface area (Å²) in [7, 11) is -9.39. The van der Waals surface area contributed by atoms with Gasteiger partial charge in [0.25, 0.3) is 0 Å². The largest absolute Gasteiger partial charge is 0.311 e. The van der Waals surface area contributed by atoms with Crippen molar-refractivity contribution in [2.75, 3.05) is 26.2 Å². The first kappa shape index (κ1) is 37.6. The van der Waals surface area contributed by atoms with Crippen molar-refractivity contribution in [2.24, 2.45) is 9.98 Å². The number of hydrogen-bond donors (Lipinski definition) is 4. The second-order valence-electron chi connectivity index (χ2n) is 8.71. The third-order valence-electron chi connectivity index (χ3n) is 4.04. The minimum atomic E-state index is -4.69. The fourth-order valence-electron chi connectivity index (χ4n) is 3.07. The standard InChI is InChI=1S/C18H36N4.2ClHO4.Ni/c1-15-13-17(3,4)21-12-8-10-20-16(2)14-18(5,6)22-11-7-9-19-15;2*2-1(3,4)5;/h21-22H,7-14H2,1-6H3;2*(H,2,3,4,5);. The second kappa shape index (κ2) is 17.4. The molecular weight excluding hydrogens is 530 g/mol. The average molecular weight is 568 g/mol. The molecule has 0 fully saturated rings. The van der Waals surface area contributed by atoms with Crippen LogP contribution in [0.3, 0.4) is 0 Å². The predicted molar refractivity (Wildman–Crippen MR) is 103 cm³/mol. The Balaban J connectivity index is -0.000000686. The van der Waals surface area contributed by atoms with Gasteiger partial charge in [-0.2, -0.15) is 28.0 Å². The second-order valence-corrected chi connectivity index (χ2v) is 10.3. The van der Waals surface area contributed by atoms with Gasteiger partial charge >= 0.3 is 0 Å². The molecule has 0 aliphatic carbocycles. The number of hydrogen-bond acceptors (Lipinski definition) is 12. The van der Waals surface area contributed by atoms with Crippen LogP contribution in [0.25, 0.3) is 0 Å². The van der Waals surface area contributed by atoms with Crippen LogP contribution in [-0.2, 0) is 16.5 Å². The van der Waals surface area contributed by atoms with E-state index >= 15 is 0 Å². The van der Waals surface area contributed by atoms with Gasteiger partial charge in [-0.15, -0.1) is 0 Å². The van der Waals surface area contributed by atoms with Gasteiger partial charge in [0.1, 0.15) is 0 Å². The molecule has 15 heteroatoms. The smallest absolute Gasteiger partial charge is 0.0777 e. The van der Waals surface area contributed by atoms with E-state index in [4.69, 9.17) is 47.3 Å². The summed E-state index contributed by atoms with van der Waals surface area (Å²) < 4.78 is 65.4. The summed E-state index contributed by atoms with van der Waals surface area (Å²) in [5, 5.41) is 7.28. The number of halogens is 2. The molecule has 0 amide bonds. The molecule has 1 heterocycles. The van der Waals surface area contributed by atoms with Crippen molar-refractivity contribution in [2.45, 2.75) is 78.3 Å². The number of rotatable bonds is 0. The normalized spacial score (nSPS) is 20.4. The molecule has 0 bridgehead atoms. The van der Waals surface area contributed by atoms with E-state index in [1.807, 2.05) is 0 Å². The van der Waals surface area contributed by atoms with E-state index in [0.717, 1.165) is 51.9 Å². The van der Waals surface area contributed by atoms with Crippen molar-refractivity contribution < 1.29 is 74.2 Å². The Morgan fingerprint density at radius 1 is 0.697 bits per heavy atom. The summed E-state index contributed by atoms with van der Waals surface area (Å²) in [6.07, 6.45) is 4.19. The predicted octanol–water partition coefficient (Wildman–Crippen LogP) is -5.03. The van der Waals surface area contributed by atoms with Crippen LogP contribution in [0.1, 0.15) is 67.2 Å². The maximum Gasteiger partial charge on any atom is 0.0777 e. The minimum Gasteiger partial charge on any atom is -0.311 e. The van der Waals surface area contributed by atoms with E-state index in [0.29, 0.717) is 0 Å². The van der Waals surface area contributed by atoms with E-state index in [2.05, 4.69) is 52.2 Å². The summed E-state index contributed by atoms with van der Waals surface area (Å²) in [6.45, 7) is 17.2. The van der Waals surface area contributed by atoms with Crippen LogP contribution in [0, 0.1) is 20.5 Å². The van der Waals surface area contributed by atoms with Crippen molar-refractivity contribution in [1.82, 2.24) is 10.6 Å². The zero-order valence-electron chi connectivity index (χ0n) is 20.0. The van der Waals surface area contributed by atoms with Crippen LogP contribution >= 0.6 is 0 Å². The molecule has 0 spiro atoms. The van der Waals surface area contributed by atoms with Crippen LogP contribution in [0.2, 0.25) is 0 Å². The zero-order valence-corrected chi connectivity index (χ0v) is 22.5. The molecule has 0 radical (unpaired) electrons. The number of aliphatic imine (C=N–C) groups is 2. The van der Waals surface area contributed by atoms with E-state index in [1.54, 1.807) is 0 Å². The minimum absolute atomic E-state index is 0. The molecule has 0 aromatic rings. The Hall–Kier alpha value is 0.0135. The van der Waals surface area contributed by atoms with Crippen LogP contribution < -0.4 is 38.6 Å². The summed E-state index contributed by atoms with van der Waals surface area (Å²) in [5.74, 6) is 0. The number of nitrogens with one attached hydrogen (secondary N) is 2. The van der Waals surface area contributed by atoms with Crippen LogP contribution in [-0.4, -0.2) is 58.0 Å². The third-order valence-corrected chi connectivity index (χ3v) is 4.04. The molecular formula is C18H38Cl2N4NiO8. The summed E-state index contributed by atoms with van der Waals surface area (Å²) in [5.41, 5.74) is 2.73. The van der Waals surface area contributed by atoms with Gasteiger partial charge in [-0.25, -0.2) is 0 Å². The molecule has 0 saturated carbocycles. The summed E-state index contributed by atoms with van der Waals surface area (Å²) in [4.78, 5) is 9.45. The molecule has 0 unspecified atom stereocenters. The SMILES string of the molecule is CC1=NCCCNC(C)(C)CC(C)=NCCCNC(C)(C)C1.[Ni].[O-][Cl+3]([O-])([O-])O.[O-][Cl+3]([O-])([O-])O. The Morgan fingerprint density at radius 3 is 1.18 bits per heavy atom. The van der Waals surface area contributed by atoms with E-state index in [9.17, 15) is 0 Å². The Kier molecular flexibility index (Phi) is 19.9. The maximum absolute atomic E-state index is 8.60. The first-order valence-electron chi connectivity index (χ1n) is 9.96. The Labute approximate surface area is 210 Å². The molecule has 202 valence electrons. The summed E-state index contributed by atoms with van der Waals surface area (Å²) >= 11 is 0. The van der Waals surface area contributed by atoms with Gasteiger partial charge in [0.2, 0.25) is 0 Å². The van der Waals surface area contributed by atoms with Gasteiger partial charge in [0, 0.05) is 64.9 Å². The van der Waals surface area contributed by atoms with Gasteiger partial charge < -0.3 is 10.6 Å². The van der Waals surface area contributed by atoms with Gasteiger partial charge in [0.15, 0.2) is 0 Å². The molecule has 0 aromatic carbocycles. The van der Waals surface area contributed by atoms with Gasteiger partial charge in [-0.1, -0.05) is 0 Å². The molecule has 0 aromatic heterocycles. The molecule has 1 aliphatic rings. The molecule has 1 rings (SSSR count). The van der Waals surface area contributed by atoms with Crippen LogP contribution in [0.4, 0.5) is 0 Å². The van der Waals surface area contributed by atoms with Crippen molar-refractivity contribution in [3.8, 4) is 0 Å². The number of nitrogens with zero attached hydrogens (tertiary/aromatic N) is 2. The maximum atomic E-state index is 8.60. The van der Waals surface area contributed by atoms with E-state index < -0.39 is 20.5 Å². The molecule has 0 atom stereocenters. The fraction of sp³-hybridized carbons (Fsp3) is 0.889. The van der Waals surface area contributed by atoms with Crippen molar-refractivity contribution in [1.29, 1.82) is 0 Å². The molecule has 1 aliphatic heterocycles. The topological polar surface area (TPSA) is 228 Å². The van der Waals surface area contributed by atoms with Crippen molar-refractivity contribution in [3.63, 3.8) is 0 Å². The Morgan fingerprint density at radius 2 is 0.939 bits per heavy atom. The van der Waals surface area contributed by atoms with Crippen molar-refractivity contribution >= 4 is 11.4 Å². The quantitative estimate of drug-likeness (QED) is 0.203. The fourth-order valence-corrected chi connectivity index (χ4v) is 3.07. The van der Waals surface area contributed by atoms with Gasteiger partial charge in [-0.05, 0) is 67.5 Å². The Bertz CT molecular complexity index is 521. The summed E-state index contributed by atoms with van der Waals surface area (Å²) in [6, 6.07) is 0. The first-order chi connectivity index (χ1) is 14.2. The molecule has 33 heavy (non-hydrogen) atoms.